The minimum absolute atomic E-state index is 0.0343. The van der Waals surface area contributed by atoms with Crippen molar-refractivity contribution in [3.8, 4) is 0 Å². The molecule has 0 aliphatic heterocycles. The molecule has 0 aliphatic carbocycles. The van der Waals surface area contributed by atoms with Crippen LogP contribution >= 0.6 is 0 Å². The van der Waals surface area contributed by atoms with Crippen molar-refractivity contribution in [2.75, 3.05) is 38.7 Å². The van der Waals surface area contributed by atoms with E-state index >= 15 is 0 Å². The second kappa shape index (κ2) is 8.59. The van der Waals surface area contributed by atoms with Crippen molar-refractivity contribution in [3.63, 3.8) is 0 Å². The molecule has 4 nitrogen and oxygen atoms in total. The number of likely N-dealkylation sites (N-methyl/N-ethyl adjacent to an activating group) is 1. The zero-order valence-electron chi connectivity index (χ0n) is 13.0. The van der Waals surface area contributed by atoms with Gasteiger partial charge in [-0.2, -0.15) is 0 Å². The molecule has 1 aromatic carbocycles. The zero-order chi connectivity index (χ0) is 15.0. The number of amides is 1. The maximum absolute atomic E-state index is 12.5. The van der Waals surface area contributed by atoms with E-state index in [1.807, 2.05) is 39.1 Å². The normalized spacial score (nSPS) is 10.4. The number of nitrogens with one attached hydrogen (secondary N) is 1. The molecule has 1 N–H and O–H groups in total. The Morgan fingerprint density at radius 2 is 2.10 bits per heavy atom. The molecule has 1 amide bonds. The van der Waals surface area contributed by atoms with Gasteiger partial charge in [0.05, 0.1) is 12.2 Å². The minimum atomic E-state index is 0.0343. The fourth-order valence-corrected chi connectivity index (χ4v) is 1.90. The van der Waals surface area contributed by atoms with E-state index in [1.54, 1.807) is 4.90 Å². The Balaban J connectivity index is 2.81. The number of aryl methyl sites for hydroxylation is 1. The molecule has 0 spiro atoms. The first-order chi connectivity index (χ1) is 9.60. The molecule has 112 valence electrons. The van der Waals surface area contributed by atoms with E-state index < -0.39 is 0 Å². The summed E-state index contributed by atoms with van der Waals surface area (Å²) >= 11 is 0. The molecular formula is C16H26N2O2. The molecule has 1 aromatic rings. The summed E-state index contributed by atoms with van der Waals surface area (Å²) in [6.45, 7) is 8.78. The van der Waals surface area contributed by atoms with Crippen LogP contribution in [0.1, 0.15) is 36.2 Å². The molecule has 0 heterocycles. The third-order valence-corrected chi connectivity index (χ3v) is 3.09. The monoisotopic (exact) mass is 278 g/mol. The van der Waals surface area contributed by atoms with Gasteiger partial charge in [0.25, 0.3) is 5.91 Å². The number of benzene rings is 1. The first-order valence-electron chi connectivity index (χ1n) is 7.27. The van der Waals surface area contributed by atoms with Crippen LogP contribution in [-0.2, 0) is 4.74 Å². The third kappa shape index (κ3) is 4.85. The van der Waals surface area contributed by atoms with Crippen molar-refractivity contribution >= 4 is 11.6 Å². The summed E-state index contributed by atoms with van der Waals surface area (Å²) in [6.07, 6.45) is 1.03. The van der Waals surface area contributed by atoms with E-state index in [1.165, 1.54) is 0 Å². The SMILES string of the molecule is CCCNc1ccc(C)cc1C(=O)N(C)CCOCC. The van der Waals surface area contributed by atoms with E-state index in [2.05, 4.69) is 12.2 Å². The topological polar surface area (TPSA) is 41.6 Å². The molecule has 20 heavy (non-hydrogen) atoms. The van der Waals surface area contributed by atoms with Crippen molar-refractivity contribution < 1.29 is 9.53 Å². The van der Waals surface area contributed by atoms with Crippen LogP contribution in [0.25, 0.3) is 0 Å². The van der Waals surface area contributed by atoms with Crippen LogP contribution in [-0.4, -0.2) is 44.2 Å². The molecular weight excluding hydrogens is 252 g/mol. The van der Waals surface area contributed by atoms with Gasteiger partial charge in [-0.1, -0.05) is 18.6 Å². The number of anilines is 1. The summed E-state index contributed by atoms with van der Waals surface area (Å²) in [4.78, 5) is 14.2. The van der Waals surface area contributed by atoms with Crippen LogP contribution < -0.4 is 5.32 Å². The van der Waals surface area contributed by atoms with E-state index in [0.29, 0.717) is 19.8 Å². The second-order valence-corrected chi connectivity index (χ2v) is 4.90. The van der Waals surface area contributed by atoms with Crippen molar-refractivity contribution in [1.82, 2.24) is 4.90 Å². The Morgan fingerprint density at radius 3 is 2.75 bits per heavy atom. The van der Waals surface area contributed by atoms with Crippen LogP contribution in [0.3, 0.4) is 0 Å². The van der Waals surface area contributed by atoms with Crippen molar-refractivity contribution in [2.24, 2.45) is 0 Å². The highest BCUT2D eigenvalue weighted by Gasteiger charge is 2.15. The molecule has 0 fully saturated rings. The number of ether oxygens (including phenoxy) is 1. The molecule has 0 unspecified atom stereocenters. The maximum atomic E-state index is 12.5. The lowest BCUT2D eigenvalue weighted by atomic mass is 10.1. The molecule has 0 bridgehead atoms. The Labute approximate surface area is 122 Å². The van der Waals surface area contributed by atoms with Crippen LogP contribution in [0, 0.1) is 6.92 Å². The maximum Gasteiger partial charge on any atom is 0.255 e. The van der Waals surface area contributed by atoms with Crippen LogP contribution in [0.5, 0.6) is 0 Å². The zero-order valence-corrected chi connectivity index (χ0v) is 13.0. The Bertz CT molecular complexity index is 432. The van der Waals surface area contributed by atoms with Crippen molar-refractivity contribution in [1.29, 1.82) is 0 Å². The highest BCUT2D eigenvalue weighted by atomic mass is 16.5. The predicted molar refractivity (Wildman–Crippen MR) is 83.4 cm³/mol. The standard InChI is InChI=1S/C16H26N2O2/c1-5-9-17-15-8-7-13(3)12-14(15)16(19)18(4)10-11-20-6-2/h7-8,12,17H,5-6,9-11H2,1-4H3. The van der Waals surface area contributed by atoms with Gasteiger partial charge in [-0.15, -0.1) is 0 Å². The molecule has 0 saturated carbocycles. The summed E-state index contributed by atoms with van der Waals surface area (Å²) < 4.78 is 5.30. The van der Waals surface area contributed by atoms with Crippen molar-refractivity contribution in [2.45, 2.75) is 27.2 Å². The lowest BCUT2D eigenvalue weighted by molar-refractivity contribution is 0.0710. The van der Waals surface area contributed by atoms with Gasteiger partial charge in [0, 0.05) is 32.4 Å². The Hall–Kier alpha value is -1.55. The third-order valence-electron chi connectivity index (χ3n) is 3.09. The van der Waals surface area contributed by atoms with Gasteiger partial charge >= 0.3 is 0 Å². The fourth-order valence-electron chi connectivity index (χ4n) is 1.90. The summed E-state index contributed by atoms with van der Waals surface area (Å²) in [5, 5.41) is 3.31. The van der Waals surface area contributed by atoms with Gasteiger partial charge in [0.15, 0.2) is 0 Å². The van der Waals surface area contributed by atoms with Gasteiger partial charge in [-0.25, -0.2) is 0 Å². The predicted octanol–water partition coefficient (Wildman–Crippen LogP) is 2.93. The molecule has 4 heteroatoms. The molecule has 0 aliphatic rings. The molecule has 0 atom stereocenters. The summed E-state index contributed by atoms with van der Waals surface area (Å²) in [5.41, 5.74) is 2.73. The lowest BCUT2D eigenvalue weighted by Crippen LogP contribution is -2.30. The quantitative estimate of drug-likeness (QED) is 0.743. The van der Waals surface area contributed by atoms with Gasteiger partial charge in [-0.3, -0.25) is 4.79 Å². The average Bonchev–Trinajstić information content (AvgIpc) is 2.45. The van der Waals surface area contributed by atoms with Crippen LogP contribution in [0.4, 0.5) is 5.69 Å². The van der Waals surface area contributed by atoms with E-state index in [0.717, 1.165) is 29.8 Å². The highest BCUT2D eigenvalue weighted by molar-refractivity contribution is 5.99. The molecule has 0 saturated heterocycles. The number of hydrogen-bond acceptors (Lipinski definition) is 3. The smallest absolute Gasteiger partial charge is 0.255 e. The lowest BCUT2D eigenvalue weighted by Gasteiger charge is -2.20. The molecule has 0 aromatic heterocycles. The molecule has 1 rings (SSSR count). The number of hydrogen-bond donors (Lipinski definition) is 1. The summed E-state index contributed by atoms with van der Waals surface area (Å²) in [6, 6.07) is 5.95. The van der Waals surface area contributed by atoms with E-state index in [-0.39, 0.29) is 5.91 Å². The number of carbonyl (C=O) groups is 1. The number of nitrogens with zero attached hydrogens (tertiary/aromatic N) is 1. The average molecular weight is 278 g/mol. The number of carbonyl (C=O) groups excluding carboxylic acids is 1. The first-order valence-corrected chi connectivity index (χ1v) is 7.27. The minimum Gasteiger partial charge on any atom is -0.384 e. The van der Waals surface area contributed by atoms with E-state index in [4.69, 9.17) is 4.74 Å². The summed E-state index contributed by atoms with van der Waals surface area (Å²) in [7, 11) is 1.81. The van der Waals surface area contributed by atoms with Gasteiger partial charge in [0.1, 0.15) is 0 Å². The fraction of sp³-hybridized carbons (Fsp3) is 0.562. The van der Waals surface area contributed by atoms with E-state index in [9.17, 15) is 4.79 Å². The highest BCUT2D eigenvalue weighted by Crippen LogP contribution is 2.19. The largest absolute Gasteiger partial charge is 0.384 e. The second-order valence-electron chi connectivity index (χ2n) is 4.90. The molecule has 0 radical (unpaired) electrons. The van der Waals surface area contributed by atoms with Gasteiger partial charge < -0.3 is 15.0 Å². The summed E-state index contributed by atoms with van der Waals surface area (Å²) in [5.74, 6) is 0.0343. The van der Waals surface area contributed by atoms with Gasteiger partial charge in [0.2, 0.25) is 0 Å². The first kappa shape index (κ1) is 16.5. The van der Waals surface area contributed by atoms with Gasteiger partial charge in [-0.05, 0) is 32.4 Å². The van der Waals surface area contributed by atoms with Crippen LogP contribution in [0.2, 0.25) is 0 Å². The van der Waals surface area contributed by atoms with Crippen LogP contribution in [0.15, 0.2) is 18.2 Å². The number of rotatable bonds is 8. The Kier molecular flexibility index (Phi) is 7.09. The Morgan fingerprint density at radius 1 is 1.35 bits per heavy atom. The van der Waals surface area contributed by atoms with Crippen molar-refractivity contribution in [3.05, 3.63) is 29.3 Å².